The van der Waals surface area contributed by atoms with Crippen molar-refractivity contribution in [3.8, 4) is 0 Å². The fraction of sp³-hybridized carbons (Fsp3) is 0.200. The van der Waals surface area contributed by atoms with Crippen LogP contribution in [0.1, 0.15) is 29.2 Å². The van der Waals surface area contributed by atoms with Gasteiger partial charge in [-0.05, 0) is 61.4 Å². The molecule has 0 bridgehead atoms. The molecule has 3 aromatic carbocycles. The normalized spacial score (nSPS) is 14.6. The van der Waals surface area contributed by atoms with Crippen LogP contribution in [0, 0.1) is 5.82 Å². The summed E-state index contributed by atoms with van der Waals surface area (Å²) >= 11 is 0. The van der Waals surface area contributed by atoms with E-state index in [9.17, 15) is 14.0 Å². The van der Waals surface area contributed by atoms with Gasteiger partial charge in [0.1, 0.15) is 5.82 Å². The minimum absolute atomic E-state index is 0.0512. The number of piperidine rings is 1. The quantitative estimate of drug-likeness (QED) is 0.494. The highest BCUT2D eigenvalue weighted by Gasteiger charge is 2.27. The summed E-state index contributed by atoms with van der Waals surface area (Å²) in [6.07, 6.45) is 1.42. The molecule has 0 radical (unpaired) electrons. The number of nitrogens with one attached hydrogen (secondary N) is 2. The fourth-order valence-electron chi connectivity index (χ4n) is 4.40. The SMILES string of the molecule is O=C(c1ccccc1Nc1ccc(F)cc1)N1CCC(n2c(=O)[nH]c3ccccc32)CC1. The zero-order valence-electron chi connectivity index (χ0n) is 17.4. The van der Waals surface area contributed by atoms with E-state index in [1.165, 1.54) is 12.1 Å². The highest BCUT2D eigenvalue weighted by atomic mass is 19.1. The Morgan fingerprint density at radius 2 is 1.62 bits per heavy atom. The number of aromatic nitrogens is 2. The van der Waals surface area contributed by atoms with Gasteiger partial charge in [-0.25, -0.2) is 9.18 Å². The van der Waals surface area contributed by atoms with Gasteiger partial charge < -0.3 is 15.2 Å². The van der Waals surface area contributed by atoms with Gasteiger partial charge in [0.25, 0.3) is 5.91 Å². The van der Waals surface area contributed by atoms with Crippen LogP contribution in [0.25, 0.3) is 11.0 Å². The van der Waals surface area contributed by atoms with Crippen molar-refractivity contribution in [2.45, 2.75) is 18.9 Å². The van der Waals surface area contributed by atoms with Gasteiger partial charge in [-0.1, -0.05) is 24.3 Å². The number of amides is 1. The van der Waals surface area contributed by atoms with Gasteiger partial charge >= 0.3 is 5.69 Å². The number of anilines is 2. The lowest BCUT2D eigenvalue weighted by Gasteiger charge is -2.33. The van der Waals surface area contributed by atoms with Crippen molar-refractivity contribution in [2.75, 3.05) is 18.4 Å². The second-order valence-corrected chi connectivity index (χ2v) is 8.02. The number of carbonyl (C=O) groups is 1. The van der Waals surface area contributed by atoms with Crippen LogP contribution >= 0.6 is 0 Å². The zero-order valence-corrected chi connectivity index (χ0v) is 17.4. The molecule has 4 aromatic rings. The number of H-pyrrole nitrogens is 1. The first kappa shape index (κ1) is 20.1. The number of hydrogen-bond acceptors (Lipinski definition) is 3. The molecule has 7 heteroatoms. The molecule has 162 valence electrons. The van der Waals surface area contributed by atoms with Crippen LogP contribution in [-0.2, 0) is 0 Å². The Morgan fingerprint density at radius 3 is 2.41 bits per heavy atom. The maximum absolute atomic E-state index is 13.3. The van der Waals surface area contributed by atoms with Gasteiger partial charge in [-0.3, -0.25) is 9.36 Å². The van der Waals surface area contributed by atoms with Gasteiger partial charge in [0.2, 0.25) is 0 Å². The van der Waals surface area contributed by atoms with Crippen molar-refractivity contribution in [1.82, 2.24) is 14.5 Å². The summed E-state index contributed by atoms with van der Waals surface area (Å²) in [5.74, 6) is -0.364. The molecule has 1 fully saturated rings. The number of hydrogen-bond donors (Lipinski definition) is 2. The average Bonchev–Trinajstić information content (AvgIpc) is 3.16. The van der Waals surface area contributed by atoms with Crippen LogP contribution < -0.4 is 11.0 Å². The Bertz CT molecular complexity index is 1320. The lowest BCUT2D eigenvalue weighted by atomic mass is 10.0. The summed E-state index contributed by atoms with van der Waals surface area (Å²) in [6.45, 7) is 1.14. The van der Waals surface area contributed by atoms with Crippen molar-refractivity contribution in [1.29, 1.82) is 0 Å². The largest absolute Gasteiger partial charge is 0.355 e. The van der Waals surface area contributed by atoms with E-state index in [4.69, 9.17) is 0 Å². The number of rotatable bonds is 4. The second kappa shape index (κ2) is 8.34. The summed E-state index contributed by atoms with van der Waals surface area (Å²) in [5, 5.41) is 3.21. The van der Waals surface area contributed by atoms with Crippen molar-refractivity contribution >= 4 is 28.3 Å². The molecule has 5 rings (SSSR count). The molecular weight excluding hydrogens is 407 g/mol. The molecule has 1 aromatic heterocycles. The van der Waals surface area contributed by atoms with Crippen molar-refractivity contribution in [3.63, 3.8) is 0 Å². The highest BCUT2D eigenvalue weighted by molar-refractivity contribution is 6.00. The smallest absolute Gasteiger partial charge is 0.326 e. The van der Waals surface area contributed by atoms with E-state index in [2.05, 4.69) is 10.3 Å². The maximum atomic E-state index is 13.3. The molecule has 0 atom stereocenters. The van der Waals surface area contributed by atoms with E-state index in [0.29, 0.717) is 42.9 Å². The Balaban J connectivity index is 1.32. The number of imidazole rings is 1. The number of para-hydroxylation sites is 3. The second-order valence-electron chi connectivity index (χ2n) is 8.02. The number of halogens is 1. The summed E-state index contributed by atoms with van der Waals surface area (Å²) in [5.41, 5.74) is 3.58. The van der Waals surface area contributed by atoms with E-state index in [-0.39, 0.29) is 23.5 Å². The van der Waals surface area contributed by atoms with E-state index in [1.54, 1.807) is 18.2 Å². The summed E-state index contributed by atoms with van der Waals surface area (Å²) in [7, 11) is 0. The van der Waals surface area contributed by atoms with Gasteiger partial charge in [-0.2, -0.15) is 0 Å². The van der Waals surface area contributed by atoms with Gasteiger partial charge in [-0.15, -0.1) is 0 Å². The predicted octanol–water partition coefficient (Wildman–Crippen LogP) is 4.69. The molecule has 32 heavy (non-hydrogen) atoms. The molecule has 0 saturated carbocycles. The number of likely N-dealkylation sites (tertiary alicyclic amines) is 1. The molecule has 0 unspecified atom stereocenters. The van der Waals surface area contributed by atoms with E-state index >= 15 is 0 Å². The van der Waals surface area contributed by atoms with Crippen LogP contribution in [0.2, 0.25) is 0 Å². The molecule has 1 saturated heterocycles. The zero-order chi connectivity index (χ0) is 22.1. The van der Waals surface area contributed by atoms with Crippen molar-refractivity contribution in [2.24, 2.45) is 0 Å². The average molecular weight is 430 g/mol. The number of aromatic amines is 1. The first-order chi connectivity index (χ1) is 15.6. The van der Waals surface area contributed by atoms with E-state index in [0.717, 1.165) is 11.0 Å². The third-order valence-corrected chi connectivity index (χ3v) is 6.02. The van der Waals surface area contributed by atoms with Crippen LogP contribution in [0.5, 0.6) is 0 Å². The number of benzene rings is 3. The lowest BCUT2D eigenvalue weighted by Crippen LogP contribution is -2.40. The van der Waals surface area contributed by atoms with E-state index < -0.39 is 0 Å². The van der Waals surface area contributed by atoms with Crippen LogP contribution in [0.4, 0.5) is 15.8 Å². The number of nitrogens with zero attached hydrogens (tertiary/aromatic N) is 2. The van der Waals surface area contributed by atoms with Gasteiger partial charge in [0.05, 0.1) is 22.3 Å². The third kappa shape index (κ3) is 3.77. The van der Waals surface area contributed by atoms with Gasteiger partial charge in [0, 0.05) is 24.8 Å². The summed E-state index contributed by atoms with van der Waals surface area (Å²) < 4.78 is 15.0. The van der Waals surface area contributed by atoms with Crippen molar-refractivity contribution < 1.29 is 9.18 Å². The molecule has 0 spiro atoms. The predicted molar refractivity (Wildman–Crippen MR) is 123 cm³/mol. The Morgan fingerprint density at radius 1 is 0.938 bits per heavy atom. The maximum Gasteiger partial charge on any atom is 0.326 e. The molecule has 1 amide bonds. The van der Waals surface area contributed by atoms with Crippen LogP contribution in [-0.4, -0.2) is 33.4 Å². The summed E-state index contributed by atoms with van der Waals surface area (Å²) in [4.78, 5) is 30.5. The Hall–Kier alpha value is -3.87. The topological polar surface area (TPSA) is 70.1 Å². The summed E-state index contributed by atoms with van der Waals surface area (Å²) in [6, 6.07) is 21.1. The van der Waals surface area contributed by atoms with Crippen molar-refractivity contribution in [3.05, 3.63) is 94.7 Å². The molecule has 2 heterocycles. The first-order valence-corrected chi connectivity index (χ1v) is 10.7. The highest BCUT2D eigenvalue weighted by Crippen LogP contribution is 2.28. The van der Waals surface area contributed by atoms with Gasteiger partial charge in [0.15, 0.2) is 0 Å². The van der Waals surface area contributed by atoms with Crippen LogP contribution in [0.3, 0.4) is 0 Å². The third-order valence-electron chi connectivity index (χ3n) is 6.02. The molecule has 1 aliphatic rings. The monoisotopic (exact) mass is 430 g/mol. The Labute approximate surface area is 184 Å². The standard InChI is InChI=1S/C25H23FN4O2/c26-17-9-11-18(12-10-17)27-21-6-2-1-5-20(21)24(31)29-15-13-19(14-16-29)30-23-8-4-3-7-22(23)28-25(30)32/h1-12,19,27H,13-16H2,(H,28,32). The minimum Gasteiger partial charge on any atom is -0.355 e. The number of carbonyl (C=O) groups excluding carboxylic acids is 1. The fourth-order valence-corrected chi connectivity index (χ4v) is 4.40. The Kier molecular flexibility index (Phi) is 5.23. The number of fused-ring (bicyclic) bond motifs is 1. The molecule has 0 aliphatic carbocycles. The molecule has 2 N–H and O–H groups in total. The molecular formula is C25H23FN4O2. The van der Waals surface area contributed by atoms with Crippen LogP contribution in [0.15, 0.2) is 77.6 Å². The molecule has 6 nitrogen and oxygen atoms in total. The molecule has 1 aliphatic heterocycles. The van der Waals surface area contributed by atoms with E-state index in [1.807, 2.05) is 51.9 Å². The lowest BCUT2D eigenvalue weighted by molar-refractivity contribution is 0.0696. The first-order valence-electron chi connectivity index (χ1n) is 10.7. The minimum atomic E-state index is -0.308.